The molecule has 1 unspecified atom stereocenters. The summed E-state index contributed by atoms with van der Waals surface area (Å²) in [6, 6.07) is 4.41. The maximum absolute atomic E-state index is 12.8. The molecule has 0 aliphatic carbocycles. The van der Waals surface area contributed by atoms with Crippen LogP contribution < -0.4 is 4.74 Å². The molecule has 126 valence electrons. The smallest absolute Gasteiger partial charge is 0.335 e. The van der Waals surface area contributed by atoms with Gasteiger partial charge in [0.25, 0.3) is 5.91 Å². The van der Waals surface area contributed by atoms with Gasteiger partial charge in [0, 0.05) is 12.1 Å². The van der Waals surface area contributed by atoms with Gasteiger partial charge in [-0.05, 0) is 44.9 Å². The molecular formula is C17H23NO5. The first-order valence-corrected chi connectivity index (χ1v) is 7.77. The minimum absolute atomic E-state index is 0.0318. The van der Waals surface area contributed by atoms with Crippen LogP contribution in [0.2, 0.25) is 0 Å². The van der Waals surface area contributed by atoms with Crippen molar-refractivity contribution in [2.75, 3.05) is 20.3 Å². The van der Waals surface area contributed by atoms with Gasteiger partial charge >= 0.3 is 5.97 Å². The predicted octanol–water partition coefficient (Wildman–Crippen LogP) is 2.42. The lowest BCUT2D eigenvalue weighted by Crippen LogP contribution is -2.38. The van der Waals surface area contributed by atoms with E-state index in [-0.39, 0.29) is 23.6 Å². The molecule has 0 radical (unpaired) electrons. The fourth-order valence-corrected chi connectivity index (χ4v) is 2.71. The summed E-state index contributed by atoms with van der Waals surface area (Å²) in [5.41, 5.74) is 0.375. The third-order valence-electron chi connectivity index (χ3n) is 3.90. The van der Waals surface area contributed by atoms with E-state index in [4.69, 9.17) is 9.47 Å². The molecule has 1 aromatic carbocycles. The molecule has 1 fully saturated rings. The van der Waals surface area contributed by atoms with Crippen molar-refractivity contribution in [2.24, 2.45) is 0 Å². The molecule has 2 rings (SSSR count). The summed E-state index contributed by atoms with van der Waals surface area (Å²) in [5.74, 6) is -0.900. The molecule has 0 spiro atoms. The van der Waals surface area contributed by atoms with Crippen molar-refractivity contribution < 1.29 is 24.2 Å². The van der Waals surface area contributed by atoms with Crippen molar-refractivity contribution in [3.63, 3.8) is 0 Å². The fraction of sp³-hybridized carbons (Fsp3) is 0.529. The van der Waals surface area contributed by atoms with Gasteiger partial charge in [-0.15, -0.1) is 0 Å². The normalized spacial score (nSPS) is 17.6. The van der Waals surface area contributed by atoms with Crippen LogP contribution in [0, 0.1) is 0 Å². The Balaban J connectivity index is 2.21. The molecule has 0 bridgehead atoms. The standard InChI is InChI=1S/C17H23NO5/c1-11(2)23-10-14-5-4-6-18(14)16(19)12-7-13(17(20)21)9-15(8-12)22-3/h7-9,11,14H,4-6,10H2,1-3H3,(H,20,21). The molecule has 1 N–H and O–H groups in total. The predicted molar refractivity (Wildman–Crippen MR) is 85.1 cm³/mol. The van der Waals surface area contributed by atoms with Crippen LogP contribution in [0.3, 0.4) is 0 Å². The van der Waals surface area contributed by atoms with Gasteiger partial charge in [0.15, 0.2) is 0 Å². The van der Waals surface area contributed by atoms with Gasteiger partial charge in [0.1, 0.15) is 5.75 Å². The van der Waals surface area contributed by atoms with Crippen molar-refractivity contribution >= 4 is 11.9 Å². The Morgan fingerprint density at radius 3 is 2.61 bits per heavy atom. The second-order valence-corrected chi connectivity index (χ2v) is 5.93. The maximum atomic E-state index is 12.8. The van der Waals surface area contributed by atoms with E-state index in [2.05, 4.69) is 0 Å². The first kappa shape index (κ1) is 17.3. The van der Waals surface area contributed by atoms with Gasteiger partial charge in [-0.1, -0.05) is 0 Å². The van der Waals surface area contributed by atoms with E-state index < -0.39 is 5.97 Å². The van der Waals surface area contributed by atoms with Gasteiger partial charge in [-0.2, -0.15) is 0 Å². The number of carboxylic acids is 1. The number of methoxy groups -OCH3 is 1. The van der Waals surface area contributed by atoms with Crippen LogP contribution in [0.4, 0.5) is 0 Å². The van der Waals surface area contributed by atoms with Crippen LogP contribution in [0.5, 0.6) is 5.75 Å². The zero-order valence-electron chi connectivity index (χ0n) is 13.7. The molecule has 1 saturated heterocycles. The zero-order chi connectivity index (χ0) is 17.0. The molecule has 1 amide bonds. The first-order chi connectivity index (χ1) is 10.9. The Hall–Kier alpha value is -2.08. The number of carbonyl (C=O) groups excluding carboxylic acids is 1. The number of likely N-dealkylation sites (tertiary alicyclic amines) is 1. The lowest BCUT2D eigenvalue weighted by Gasteiger charge is -2.25. The summed E-state index contributed by atoms with van der Waals surface area (Å²) in [7, 11) is 1.45. The van der Waals surface area contributed by atoms with Gasteiger partial charge in [-0.25, -0.2) is 4.79 Å². The number of aromatic carboxylic acids is 1. The van der Waals surface area contributed by atoms with Crippen molar-refractivity contribution in [1.29, 1.82) is 0 Å². The quantitative estimate of drug-likeness (QED) is 0.871. The number of rotatable bonds is 6. The largest absolute Gasteiger partial charge is 0.497 e. The summed E-state index contributed by atoms with van der Waals surface area (Å²) in [5, 5.41) is 9.17. The van der Waals surface area contributed by atoms with E-state index in [0.29, 0.717) is 24.5 Å². The fourth-order valence-electron chi connectivity index (χ4n) is 2.71. The van der Waals surface area contributed by atoms with E-state index in [1.165, 1.54) is 19.2 Å². The number of benzene rings is 1. The highest BCUT2D eigenvalue weighted by Crippen LogP contribution is 2.24. The summed E-state index contributed by atoms with van der Waals surface area (Å²) >= 11 is 0. The molecule has 0 aromatic heterocycles. The molecule has 23 heavy (non-hydrogen) atoms. The lowest BCUT2D eigenvalue weighted by molar-refractivity contribution is 0.0325. The average Bonchev–Trinajstić information content (AvgIpc) is 3.00. The molecule has 1 atom stereocenters. The Bertz CT molecular complexity index is 584. The highest BCUT2D eigenvalue weighted by Gasteiger charge is 2.30. The third-order valence-corrected chi connectivity index (χ3v) is 3.90. The summed E-state index contributed by atoms with van der Waals surface area (Å²) in [6.45, 7) is 5.08. The zero-order valence-corrected chi connectivity index (χ0v) is 13.7. The van der Waals surface area contributed by atoms with Crippen molar-refractivity contribution in [2.45, 2.75) is 38.8 Å². The third kappa shape index (κ3) is 4.22. The Labute approximate surface area is 136 Å². The molecule has 1 heterocycles. The molecule has 0 saturated carbocycles. The summed E-state index contributed by atoms with van der Waals surface area (Å²) in [6.07, 6.45) is 1.94. The molecule has 1 aliphatic heterocycles. The van der Waals surface area contributed by atoms with Gasteiger partial charge in [-0.3, -0.25) is 4.79 Å². The van der Waals surface area contributed by atoms with Crippen LogP contribution in [0.15, 0.2) is 18.2 Å². The second kappa shape index (κ2) is 7.46. The van der Waals surface area contributed by atoms with Crippen molar-refractivity contribution in [3.05, 3.63) is 29.3 Å². The minimum atomic E-state index is -1.08. The number of nitrogens with zero attached hydrogens (tertiary/aromatic N) is 1. The SMILES string of the molecule is COc1cc(C(=O)O)cc(C(=O)N2CCCC2COC(C)C)c1. The molecular weight excluding hydrogens is 298 g/mol. The van der Waals surface area contributed by atoms with Crippen LogP contribution in [0.25, 0.3) is 0 Å². The second-order valence-electron chi connectivity index (χ2n) is 5.93. The molecule has 1 aliphatic rings. The summed E-state index contributed by atoms with van der Waals surface area (Å²) in [4.78, 5) is 25.7. The minimum Gasteiger partial charge on any atom is -0.497 e. The van der Waals surface area contributed by atoms with Crippen molar-refractivity contribution in [1.82, 2.24) is 4.90 Å². The highest BCUT2D eigenvalue weighted by atomic mass is 16.5. The maximum Gasteiger partial charge on any atom is 0.335 e. The van der Waals surface area contributed by atoms with E-state index in [1.54, 1.807) is 11.0 Å². The highest BCUT2D eigenvalue weighted by molar-refractivity contribution is 5.98. The molecule has 6 heteroatoms. The number of ether oxygens (including phenoxy) is 2. The van der Waals surface area contributed by atoms with E-state index in [0.717, 1.165) is 12.8 Å². The molecule has 6 nitrogen and oxygen atoms in total. The first-order valence-electron chi connectivity index (χ1n) is 7.77. The number of amides is 1. The van der Waals surface area contributed by atoms with Crippen molar-refractivity contribution in [3.8, 4) is 5.75 Å². The lowest BCUT2D eigenvalue weighted by atomic mass is 10.1. The topological polar surface area (TPSA) is 76.1 Å². The Morgan fingerprint density at radius 1 is 1.30 bits per heavy atom. The van der Waals surface area contributed by atoms with E-state index >= 15 is 0 Å². The Morgan fingerprint density at radius 2 is 2.00 bits per heavy atom. The van der Waals surface area contributed by atoms with Crippen LogP contribution >= 0.6 is 0 Å². The monoisotopic (exact) mass is 321 g/mol. The number of carbonyl (C=O) groups is 2. The average molecular weight is 321 g/mol. The van der Waals surface area contributed by atoms with Gasteiger partial charge in [0.2, 0.25) is 0 Å². The van der Waals surface area contributed by atoms with Crippen LogP contribution in [-0.4, -0.2) is 54.3 Å². The van der Waals surface area contributed by atoms with E-state index in [9.17, 15) is 14.7 Å². The van der Waals surface area contributed by atoms with Crippen LogP contribution in [-0.2, 0) is 4.74 Å². The number of carboxylic acid groups (broad SMARTS) is 1. The van der Waals surface area contributed by atoms with Gasteiger partial charge < -0.3 is 19.5 Å². The summed E-state index contributed by atoms with van der Waals surface area (Å²) < 4.78 is 10.7. The van der Waals surface area contributed by atoms with Crippen LogP contribution in [0.1, 0.15) is 47.4 Å². The molecule has 1 aromatic rings. The number of hydrogen-bond donors (Lipinski definition) is 1. The number of hydrogen-bond acceptors (Lipinski definition) is 4. The van der Waals surface area contributed by atoms with Gasteiger partial charge in [0.05, 0.1) is 31.4 Å². The Kier molecular flexibility index (Phi) is 5.60. The van der Waals surface area contributed by atoms with E-state index in [1.807, 2.05) is 13.8 Å².